The summed E-state index contributed by atoms with van der Waals surface area (Å²) in [6.07, 6.45) is 1.52. The Morgan fingerprint density at radius 3 is 2.68 bits per heavy atom. The highest BCUT2D eigenvalue weighted by Crippen LogP contribution is 2.23. The maximum atomic E-state index is 12.2. The molecule has 2 aromatic rings. The zero-order valence-corrected chi connectivity index (χ0v) is 16.0. The van der Waals surface area contributed by atoms with Crippen molar-refractivity contribution in [2.24, 2.45) is 0 Å². The number of aromatic nitrogens is 2. The third kappa shape index (κ3) is 3.96. The highest BCUT2D eigenvalue weighted by molar-refractivity contribution is 14.1. The van der Waals surface area contributed by atoms with Crippen molar-refractivity contribution in [1.29, 1.82) is 0 Å². The molecule has 0 saturated carbocycles. The highest BCUT2D eigenvalue weighted by atomic mass is 127. The van der Waals surface area contributed by atoms with Crippen LogP contribution in [0.3, 0.4) is 0 Å². The van der Waals surface area contributed by atoms with E-state index in [9.17, 15) is 4.79 Å². The monoisotopic (exact) mass is 559 g/mol. The quantitative estimate of drug-likeness (QED) is 0.545. The van der Waals surface area contributed by atoms with E-state index >= 15 is 0 Å². The number of halogens is 4. The Morgan fingerprint density at radius 2 is 2.00 bits per heavy atom. The van der Waals surface area contributed by atoms with Crippen LogP contribution in [0.2, 0.25) is 0 Å². The molecule has 0 unspecified atom stereocenters. The fraction of sp³-hybridized carbons (Fsp3) is 0. The molecule has 1 amide bonds. The number of carbonyl (C=O) groups excluding carboxylic acids is 1. The maximum absolute atomic E-state index is 12.2. The number of hydrogen-bond acceptors (Lipinski definition) is 3. The van der Waals surface area contributed by atoms with Gasteiger partial charge in [-0.2, -0.15) is 0 Å². The molecule has 0 aliphatic carbocycles. The fourth-order valence-electron chi connectivity index (χ4n) is 1.28. The second kappa shape index (κ2) is 6.59. The van der Waals surface area contributed by atoms with Gasteiger partial charge in [-0.3, -0.25) is 4.79 Å². The van der Waals surface area contributed by atoms with Crippen LogP contribution < -0.4 is 5.32 Å². The lowest BCUT2D eigenvalue weighted by Gasteiger charge is -2.08. The molecule has 4 nitrogen and oxygen atoms in total. The predicted octanol–water partition coefficient (Wildman–Crippen LogP) is 4.62. The highest BCUT2D eigenvalue weighted by Gasteiger charge is 2.13. The molecular formula is C11H5Br3IN3O. The van der Waals surface area contributed by atoms with E-state index < -0.39 is 0 Å². The van der Waals surface area contributed by atoms with E-state index in [2.05, 4.69) is 85.7 Å². The van der Waals surface area contributed by atoms with Gasteiger partial charge in [-0.25, -0.2) is 9.97 Å². The number of anilines is 1. The van der Waals surface area contributed by atoms with Crippen LogP contribution in [0.25, 0.3) is 0 Å². The van der Waals surface area contributed by atoms with Gasteiger partial charge < -0.3 is 5.32 Å². The second-order valence-corrected chi connectivity index (χ2v) is 7.07. The van der Waals surface area contributed by atoms with E-state index in [0.717, 1.165) is 8.04 Å². The number of benzene rings is 1. The molecule has 0 bridgehead atoms. The molecule has 0 radical (unpaired) electrons. The van der Waals surface area contributed by atoms with Gasteiger partial charge in [-0.05, 0) is 88.6 Å². The molecule has 1 aromatic heterocycles. The van der Waals surface area contributed by atoms with Crippen LogP contribution in [0, 0.1) is 3.57 Å². The van der Waals surface area contributed by atoms with Gasteiger partial charge >= 0.3 is 0 Å². The maximum Gasteiger partial charge on any atom is 0.258 e. The summed E-state index contributed by atoms with van der Waals surface area (Å²) >= 11 is 12.0. The van der Waals surface area contributed by atoms with E-state index in [1.807, 2.05) is 12.1 Å². The van der Waals surface area contributed by atoms with Crippen molar-refractivity contribution < 1.29 is 4.79 Å². The van der Waals surface area contributed by atoms with Crippen molar-refractivity contribution >= 4 is 82.1 Å². The second-order valence-electron chi connectivity index (χ2n) is 3.41. The Hall–Kier alpha value is -0.0600. The molecule has 0 aliphatic heterocycles. The molecule has 8 heteroatoms. The van der Waals surface area contributed by atoms with Gasteiger partial charge in [0.05, 0.1) is 11.8 Å². The molecule has 19 heavy (non-hydrogen) atoms. The Labute approximate surface area is 148 Å². The molecule has 0 atom stereocenters. The summed E-state index contributed by atoms with van der Waals surface area (Å²) in [5.41, 5.74) is 0.545. The topological polar surface area (TPSA) is 54.9 Å². The van der Waals surface area contributed by atoms with Crippen LogP contribution in [0.1, 0.15) is 10.4 Å². The summed E-state index contributed by atoms with van der Waals surface area (Å²) in [4.78, 5) is 20.4. The van der Waals surface area contributed by atoms with Crippen molar-refractivity contribution in [2.75, 3.05) is 5.32 Å². The lowest BCUT2D eigenvalue weighted by molar-refractivity contribution is 0.102. The molecule has 0 saturated heterocycles. The molecule has 98 valence electrons. The van der Waals surface area contributed by atoms with Crippen LogP contribution in [-0.4, -0.2) is 15.9 Å². The summed E-state index contributed by atoms with van der Waals surface area (Å²) < 4.78 is 2.77. The Balaban J connectivity index is 2.28. The van der Waals surface area contributed by atoms with Gasteiger partial charge in [-0.1, -0.05) is 0 Å². The lowest BCUT2D eigenvalue weighted by atomic mass is 10.2. The van der Waals surface area contributed by atoms with Crippen molar-refractivity contribution in [2.45, 2.75) is 0 Å². The summed E-state index contributed by atoms with van der Waals surface area (Å²) in [5, 5.41) is 2.71. The van der Waals surface area contributed by atoms with Crippen molar-refractivity contribution in [1.82, 2.24) is 9.97 Å². The average molecular weight is 562 g/mol. The summed E-state index contributed by atoms with van der Waals surface area (Å²) in [5.74, 6) is 0.127. The van der Waals surface area contributed by atoms with Gasteiger partial charge in [0, 0.05) is 8.04 Å². The Morgan fingerprint density at radius 1 is 1.26 bits per heavy atom. The first-order chi connectivity index (χ1) is 8.97. The minimum atomic E-state index is -0.247. The molecule has 0 fully saturated rings. The minimum absolute atomic E-state index is 0.247. The Bertz CT molecular complexity index is 651. The number of nitrogens with zero attached hydrogens (tertiary/aromatic N) is 2. The number of carbonyl (C=O) groups is 1. The zero-order valence-electron chi connectivity index (χ0n) is 9.12. The summed E-state index contributed by atoms with van der Waals surface area (Å²) in [6, 6.07) is 5.54. The van der Waals surface area contributed by atoms with Gasteiger partial charge in [-0.15, -0.1) is 0 Å². The number of rotatable bonds is 2. The fourth-order valence-corrected chi connectivity index (χ4v) is 3.10. The van der Waals surface area contributed by atoms with Crippen molar-refractivity contribution in [3.05, 3.63) is 47.2 Å². The van der Waals surface area contributed by atoms with Gasteiger partial charge in [0.2, 0.25) is 0 Å². The largest absolute Gasteiger partial charge is 0.304 e. The van der Waals surface area contributed by atoms with E-state index in [0.29, 0.717) is 20.6 Å². The van der Waals surface area contributed by atoms with Crippen molar-refractivity contribution in [3.8, 4) is 0 Å². The zero-order chi connectivity index (χ0) is 14.0. The van der Waals surface area contributed by atoms with Crippen LogP contribution in [0.4, 0.5) is 5.82 Å². The molecule has 1 heterocycles. The van der Waals surface area contributed by atoms with Crippen LogP contribution in [0.5, 0.6) is 0 Å². The van der Waals surface area contributed by atoms with E-state index in [-0.39, 0.29) is 5.91 Å². The molecule has 1 aromatic carbocycles. The minimum Gasteiger partial charge on any atom is -0.304 e. The van der Waals surface area contributed by atoms with E-state index in [4.69, 9.17) is 0 Å². The SMILES string of the molecule is O=C(Nc1ncc(Br)nc1Br)c1cc(I)ccc1Br. The van der Waals surface area contributed by atoms with Crippen LogP contribution in [-0.2, 0) is 0 Å². The van der Waals surface area contributed by atoms with Gasteiger partial charge in [0.25, 0.3) is 5.91 Å². The van der Waals surface area contributed by atoms with Crippen molar-refractivity contribution in [3.63, 3.8) is 0 Å². The number of nitrogens with one attached hydrogen (secondary N) is 1. The first kappa shape index (κ1) is 15.3. The summed E-state index contributed by atoms with van der Waals surface area (Å²) in [7, 11) is 0. The van der Waals surface area contributed by atoms with Crippen LogP contribution in [0.15, 0.2) is 38.1 Å². The first-order valence-electron chi connectivity index (χ1n) is 4.92. The number of amides is 1. The predicted molar refractivity (Wildman–Crippen MR) is 92.2 cm³/mol. The third-order valence-electron chi connectivity index (χ3n) is 2.11. The summed E-state index contributed by atoms with van der Waals surface area (Å²) in [6.45, 7) is 0. The Kier molecular flexibility index (Phi) is 5.32. The number of hydrogen-bond donors (Lipinski definition) is 1. The average Bonchev–Trinajstić information content (AvgIpc) is 2.35. The van der Waals surface area contributed by atoms with Gasteiger partial charge in [0.1, 0.15) is 9.21 Å². The van der Waals surface area contributed by atoms with Gasteiger partial charge in [0.15, 0.2) is 5.82 Å². The smallest absolute Gasteiger partial charge is 0.258 e. The molecule has 2 rings (SSSR count). The molecule has 1 N–H and O–H groups in total. The van der Waals surface area contributed by atoms with E-state index in [1.165, 1.54) is 6.20 Å². The van der Waals surface area contributed by atoms with Crippen LogP contribution >= 0.6 is 70.4 Å². The molecular weight excluding hydrogens is 557 g/mol. The normalized spacial score (nSPS) is 10.3. The molecule has 0 aliphatic rings. The first-order valence-corrected chi connectivity index (χ1v) is 8.37. The molecule has 0 spiro atoms. The lowest BCUT2D eigenvalue weighted by Crippen LogP contribution is -2.14. The standard InChI is InChI=1S/C11H5Br3IN3O/c12-7-2-1-5(15)3-6(7)11(19)18-10-9(14)17-8(13)4-16-10/h1-4H,(H,16,18,19). The third-order valence-corrected chi connectivity index (χ3v) is 4.40. The van der Waals surface area contributed by atoms with E-state index in [1.54, 1.807) is 6.07 Å².